The molecular weight excluding hydrogens is 383 g/mol. The van der Waals surface area contributed by atoms with E-state index in [9.17, 15) is 4.79 Å². The fourth-order valence-electron chi connectivity index (χ4n) is 1.58. The van der Waals surface area contributed by atoms with Gasteiger partial charge in [0.2, 0.25) is 0 Å². The smallest absolute Gasteiger partial charge is 0.257 e. The average molecular weight is 396 g/mol. The van der Waals surface area contributed by atoms with E-state index in [4.69, 9.17) is 12.2 Å². The highest BCUT2D eigenvalue weighted by atomic mass is 127. The Labute approximate surface area is 136 Å². The third kappa shape index (κ3) is 4.28. The Bertz CT molecular complexity index is 623. The van der Waals surface area contributed by atoms with Crippen LogP contribution in [0.15, 0.2) is 48.5 Å². The van der Waals surface area contributed by atoms with Crippen LogP contribution in [0.1, 0.15) is 15.9 Å². The molecule has 0 bridgehead atoms. The van der Waals surface area contributed by atoms with E-state index in [2.05, 4.69) is 33.2 Å². The van der Waals surface area contributed by atoms with Crippen LogP contribution in [-0.2, 0) is 0 Å². The molecule has 3 nitrogen and oxygen atoms in total. The van der Waals surface area contributed by atoms with Gasteiger partial charge < -0.3 is 5.32 Å². The number of anilines is 1. The lowest BCUT2D eigenvalue weighted by atomic mass is 10.1. The van der Waals surface area contributed by atoms with E-state index in [1.165, 1.54) is 0 Å². The van der Waals surface area contributed by atoms with Gasteiger partial charge in [0.15, 0.2) is 5.11 Å². The first-order valence-electron chi connectivity index (χ1n) is 5.99. The molecule has 0 saturated carbocycles. The largest absolute Gasteiger partial charge is 0.332 e. The van der Waals surface area contributed by atoms with E-state index in [0.29, 0.717) is 5.56 Å². The van der Waals surface area contributed by atoms with Crippen LogP contribution in [0.2, 0.25) is 0 Å². The van der Waals surface area contributed by atoms with Gasteiger partial charge in [-0.25, -0.2) is 0 Å². The Morgan fingerprint density at radius 3 is 2.25 bits per heavy atom. The Kier molecular flexibility index (Phi) is 5.08. The highest BCUT2D eigenvalue weighted by Gasteiger charge is 2.07. The maximum Gasteiger partial charge on any atom is 0.257 e. The zero-order valence-electron chi connectivity index (χ0n) is 10.8. The molecule has 5 heteroatoms. The molecule has 20 heavy (non-hydrogen) atoms. The first kappa shape index (κ1) is 14.9. The summed E-state index contributed by atoms with van der Waals surface area (Å²) in [4.78, 5) is 12.0. The molecular formula is C15H13IN2OS. The molecule has 0 spiro atoms. The van der Waals surface area contributed by atoms with E-state index in [0.717, 1.165) is 14.8 Å². The molecule has 0 aliphatic rings. The predicted molar refractivity (Wildman–Crippen MR) is 94.0 cm³/mol. The zero-order chi connectivity index (χ0) is 14.5. The molecule has 0 radical (unpaired) electrons. The number of hydrogen-bond donors (Lipinski definition) is 2. The maximum atomic E-state index is 12.0. The van der Waals surface area contributed by atoms with Gasteiger partial charge in [0.05, 0.1) is 0 Å². The molecule has 0 unspecified atom stereocenters. The number of carbonyl (C=O) groups excluding carboxylic acids is 1. The minimum absolute atomic E-state index is 0.215. The minimum Gasteiger partial charge on any atom is -0.332 e. The van der Waals surface area contributed by atoms with Crippen molar-refractivity contribution in [2.45, 2.75) is 6.92 Å². The van der Waals surface area contributed by atoms with Gasteiger partial charge in [0.25, 0.3) is 5.91 Å². The van der Waals surface area contributed by atoms with Gasteiger partial charge in [-0.15, -0.1) is 0 Å². The Morgan fingerprint density at radius 2 is 1.65 bits per heavy atom. The van der Waals surface area contributed by atoms with E-state index in [1.807, 2.05) is 43.3 Å². The Morgan fingerprint density at radius 1 is 1.05 bits per heavy atom. The van der Waals surface area contributed by atoms with Crippen LogP contribution in [0.5, 0.6) is 0 Å². The summed E-state index contributed by atoms with van der Waals surface area (Å²) in [6.45, 7) is 1.98. The number of hydrogen-bond acceptors (Lipinski definition) is 2. The SMILES string of the molecule is Cc1ccc(C(=O)NC(=S)Nc2ccc(I)cc2)cc1. The summed E-state index contributed by atoms with van der Waals surface area (Å²) in [5.41, 5.74) is 2.54. The summed E-state index contributed by atoms with van der Waals surface area (Å²) >= 11 is 7.36. The summed E-state index contributed by atoms with van der Waals surface area (Å²) in [6, 6.07) is 15.1. The first-order chi connectivity index (χ1) is 9.54. The molecule has 102 valence electrons. The summed E-state index contributed by atoms with van der Waals surface area (Å²) in [7, 11) is 0. The molecule has 2 N–H and O–H groups in total. The topological polar surface area (TPSA) is 41.1 Å². The summed E-state index contributed by atoms with van der Waals surface area (Å²) in [5, 5.41) is 5.92. The van der Waals surface area contributed by atoms with Gasteiger partial charge in [0.1, 0.15) is 0 Å². The lowest BCUT2D eigenvalue weighted by molar-refractivity contribution is 0.0978. The molecule has 1 amide bonds. The van der Waals surface area contributed by atoms with Gasteiger partial charge in [0, 0.05) is 14.8 Å². The van der Waals surface area contributed by atoms with Crippen LogP contribution in [0.4, 0.5) is 5.69 Å². The molecule has 2 aromatic rings. The lowest BCUT2D eigenvalue weighted by Gasteiger charge is -2.09. The van der Waals surface area contributed by atoms with Crippen molar-refractivity contribution in [1.82, 2.24) is 5.32 Å². The van der Waals surface area contributed by atoms with E-state index < -0.39 is 0 Å². The van der Waals surface area contributed by atoms with E-state index in [-0.39, 0.29) is 11.0 Å². The van der Waals surface area contributed by atoms with E-state index >= 15 is 0 Å². The number of nitrogens with one attached hydrogen (secondary N) is 2. The molecule has 0 heterocycles. The van der Waals surface area contributed by atoms with Crippen LogP contribution >= 0.6 is 34.8 Å². The van der Waals surface area contributed by atoms with Gasteiger partial charge in [-0.2, -0.15) is 0 Å². The summed E-state index contributed by atoms with van der Waals surface area (Å²) in [6.07, 6.45) is 0. The van der Waals surface area contributed by atoms with Crippen LogP contribution < -0.4 is 10.6 Å². The normalized spacial score (nSPS) is 9.90. The zero-order valence-corrected chi connectivity index (χ0v) is 13.8. The van der Waals surface area contributed by atoms with Gasteiger partial charge in [-0.1, -0.05) is 17.7 Å². The van der Waals surface area contributed by atoms with Crippen molar-refractivity contribution < 1.29 is 4.79 Å². The molecule has 0 atom stereocenters. The Balaban J connectivity index is 1.95. The fraction of sp³-hybridized carbons (Fsp3) is 0.0667. The van der Waals surface area contributed by atoms with Crippen molar-refractivity contribution >= 4 is 51.5 Å². The second kappa shape index (κ2) is 6.81. The van der Waals surface area contributed by atoms with Crippen LogP contribution in [0, 0.1) is 10.5 Å². The standard InChI is InChI=1S/C15H13IN2OS/c1-10-2-4-11(5-3-10)14(19)18-15(20)17-13-8-6-12(16)7-9-13/h2-9H,1H3,(H2,17,18,19,20). The van der Waals surface area contributed by atoms with Gasteiger partial charge in [-0.05, 0) is 78.1 Å². The highest BCUT2D eigenvalue weighted by Crippen LogP contribution is 2.11. The van der Waals surface area contributed by atoms with Gasteiger partial charge in [-0.3, -0.25) is 10.1 Å². The van der Waals surface area contributed by atoms with Crippen molar-refractivity contribution in [2.24, 2.45) is 0 Å². The number of halogens is 1. The van der Waals surface area contributed by atoms with Crippen LogP contribution in [0.3, 0.4) is 0 Å². The number of carbonyl (C=O) groups is 1. The monoisotopic (exact) mass is 396 g/mol. The summed E-state index contributed by atoms with van der Waals surface area (Å²) < 4.78 is 1.14. The van der Waals surface area contributed by atoms with Crippen molar-refractivity contribution in [1.29, 1.82) is 0 Å². The molecule has 2 rings (SSSR count). The van der Waals surface area contributed by atoms with Crippen molar-refractivity contribution in [3.63, 3.8) is 0 Å². The summed E-state index contributed by atoms with van der Waals surface area (Å²) in [5.74, 6) is -0.215. The van der Waals surface area contributed by atoms with Crippen molar-refractivity contribution in [3.05, 3.63) is 63.2 Å². The number of thiocarbonyl (C=S) groups is 1. The third-order valence-corrected chi connectivity index (χ3v) is 3.57. The minimum atomic E-state index is -0.215. The predicted octanol–water partition coefficient (Wildman–Crippen LogP) is 3.73. The average Bonchev–Trinajstić information content (AvgIpc) is 2.42. The third-order valence-electron chi connectivity index (χ3n) is 2.64. The van der Waals surface area contributed by atoms with Gasteiger partial charge >= 0.3 is 0 Å². The quantitative estimate of drug-likeness (QED) is 0.601. The second-order valence-corrected chi connectivity index (χ2v) is 5.94. The molecule has 0 saturated heterocycles. The van der Waals surface area contributed by atoms with Crippen LogP contribution in [-0.4, -0.2) is 11.0 Å². The number of aryl methyl sites for hydroxylation is 1. The first-order valence-corrected chi connectivity index (χ1v) is 7.48. The van der Waals surface area contributed by atoms with Crippen molar-refractivity contribution in [3.8, 4) is 0 Å². The lowest BCUT2D eigenvalue weighted by Crippen LogP contribution is -2.34. The molecule has 0 aliphatic carbocycles. The van der Waals surface area contributed by atoms with E-state index in [1.54, 1.807) is 12.1 Å². The number of benzene rings is 2. The highest BCUT2D eigenvalue weighted by molar-refractivity contribution is 14.1. The second-order valence-electron chi connectivity index (χ2n) is 4.28. The number of amides is 1. The molecule has 2 aromatic carbocycles. The molecule has 0 fully saturated rings. The molecule has 0 aliphatic heterocycles. The Hall–Kier alpha value is -1.47. The van der Waals surface area contributed by atoms with Crippen LogP contribution in [0.25, 0.3) is 0 Å². The number of rotatable bonds is 2. The molecule has 0 aromatic heterocycles. The fourth-order valence-corrected chi connectivity index (χ4v) is 2.15. The maximum absolute atomic E-state index is 12.0. The van der Waals surface area contributed by atoms with Crippen molar-refractivity contribution in [2.75, 3.05) is 5.32 Å².